The predicted octanol–water partition coefficient (Wildman–Crippen LogP) is 9.87. The van der Waals surface area contributed by atoms with Crippen molar-refractivity contribution in [2.24, 2.45) is 0 Å². The minimum absolute atomic E-state index is 0.210. The Morgan fingerprint density at radius 2 is 1.09 bits per heavy atom. The zero-order chi connectivity index (χ0) is 30.8. The van der Waals surface area contributed by atoms with E-state index < -0.39 is 0 Å². The molecule has 7 aromatic rings. The van der Waals surface area contributed by atoms with E-state index >= 15 is 0 Å². The van der Waals surface area contributed by atoms with Gasteiger partial charge in [-0.3, -0.25) is 9.36 Å². The number of aryl methyl sites for hydroxylation is 2. The highest BCUT2D eigenvalue weighted by molar-refractivity contribution is 7.18. The number of rotatable bonds is 7. The maximum Gasteiger partial charge on any atom is 0.256 e. The van der Waals surface area contributed by atoms with Gasteiger partial charge in [-0.1, -0.05) is 150 Å². The highest BCUT2D eigenvalue weighted by Crippen LogP contribution is 2.43. The van der Waals surface area contributed by atoms with Gasteiger partial charge in [0.05, 0.1) is 0 Å². The topological polar surface area (TPSA) is 59.8 Å². The van der Waals surface area contributed by atoms with Crippen molar-refractivity contribution >= 4 is 23.1 Å². The van der Waals surface area contributed by atoms with Crippen molar-refractivity contribution in [3.63, 3.8) is 0 Å². The van der Waals surface area contributed by atoms with Crippen molar-refractivity contribution in [2.45, 2.75) is 13.8 Å². The summed E-state index contributed by atoms with van der Waals surface area (Å²) in [7, 11) is 0. The third-order valence-corrected chi connectivity index (χ3v) is 8.75. The maximum absolute atomic E-state index is 13.9. The van der Waals surface area contributed by atoms with Crippen LogP contribution in [0.3, 0.4) is 0 Å². The van der Waals surface area contributed by atoms with Crippen molar-refractivity contribution in [1.29, 1.82) is 0 Å². The van der Waals surface area contributed by atoms with E-state index in [2.05, 4.69) is 65.3 Å². The second kappa shape index (κ2) is 12.2. The summed E-state index contributed by atoms with van der Waals surface area (Å²) in [6.45, 7) is 4.08. The minimum Gasteiger partial charge on any atom is -0.306 e. The van der Waals surface area contributed by atoms with Crippen LogP contribution in [-0.4, -0.2) is 20.4 Å². The minimum atomic E-state index is -0.210. The van der Waals surface area contributed by atoms with Crippen LogP contribution in [-0.2, 0) is 0 Å². The molecule has 6 heteroatoms. The molecular weight excluding hydrogens is 573 g/mol. The molecule has 0 aliphatic carbocycles. The molecule has 1 N–H and O–H groups in total. The predicted molar refractivity (Wildman–Crippen MR) is 185 cm³/mol. The van der Waals surface area contributed by atoms with E-state index in [4.69, 9.17) is 9.97 Å². The summed E-state index contributed by atoms with van der Waals surface area (Å²) in [6.07, 6.45) is 0. The monoisotopic (exact) mass is 602 g/mol. The number of amides is 1. The number of anilines is 1. The van der Waals surface area contributed by atoms with Gasteiger partial charge in [-0.05, 0) is 26.0 Å². The van der Waals surface area contributed by atoms with E-state index in [0.717, 1.165) is 49.1 Å². The number of nitrogens with zero attached hydrogens (tertiary/aromatic N) is 3. The second-order valence-corrected chi connectivity index (χ2v) is 11.9. The molecule has 5 nitrogen and oxygen atoms in total. The van der Waals surface area contributed by atoms with Crippen LogP contribution in [0.5, 0.6) is 0 Å². The van der Waals surface area contributed by atoms with Crippen molar-refractivity contribution in [3.05, 3.63) is 156 Å². The second-order valence-electron chi connectivity index (χ2n) is 10.9. The summed E-state index contributed by atoms with van der Waals surface area (Å²) < 4.78 is 2.07. The van der Waals surface area contributed by atoms with Gasteiger partial charge in [-0.25, -0.2) is 9.97 Å². The number of hydrogen-bond donors (Lipinski definition) is 1. The molecular formula is C39H30N4OS. The standard InChI is InChI=1S/C39H30N4OS/c1-26-18-22-30(23-19-26)35-40-33(28-12-6-3-7-13-28)36(42-37(44)31-24-20-27(2)21-25-31)43(35)39-34(29-14-8-4-9-15-29)41-38(45-39)32-16-10-5-11-17-32/h3-25H,1-2H3,(H,42,44). The largest absolute Gasteiger partial charge is 0.306 e. The zero-order valence-electron chi connectivity index (χ0n) is 24.9. The van der Waals surface area contributed by atoms with E-state index in [-0.39, 0.29) is 5.91 Å². The van der Waals surface area contributed by atoms with Gasteiger partial charge in [0.2, 0.25) is 0 Å². The van der Waals surface area contributed by atoms with E-state index in [1.807, 2.05) is 97.9 Å². The Labute approximate surface area is 266 Å². The van der Waals surface area contributed by atoms with Gasteiger partial charge in [0.1, 0.15) is 33.0 Å². The van der Waals surface area contributed by atoms with E-state index in [9.17, 15) is 4.79 Å². The van der Waals surface area contributed by atoms with Crippen LogP contribution in [0.25, 0.3) is 49.5 Å². The number of nitrogens with one attached hydrogen (secondary N) is 1. The summed E-state index contributed by atoms with van der Waals surface area (Å²) in [6, 6.07) is 46.3. The van der Waals surface area contributed by atoms with Gasteiger partial charge >= 0.3 is 0 Å². The lowest BCUT2D eigenvalue weighted by Gasteiger charge is -2.14. The van der Waals surface area contributed by atoms with E-state index in [1.165, 1.54) is 0 Å². The molecule has 0 aliphatic heterocycles. The number of benzene rings is 5. The highest BCUT2D eigenvalue weighted by Gasteiger charge is 2.27. The Balaban J connectivity index is 1.53. The first-order chi connectivity index (χ1) is 22.0. The zero-order valence-corrected chi connectivity index (χ0v) is 25.8. The van der Waals surface area contributed by atoms with Crippen LogP contribution in [0, 0.1) is 13.8 Å². The Kier molecular flexibility index (Phi) is 7.64. The molecule has 1 amide bonds. The SMILES string of the molecule is Cc1ccc(C(=O)Nc2c(-c3ccccc3)nc(-c3ccc(C)cc3)n2-c2sc(-c3ccccc3)nc2-c2ccccc2)cc1. The smallest absolute Gasteiger partial charge is 0.256 e. The Bertz CT molecular complexity index is 2080. The highest BCUT2D eigenvalue weighted by atomic mass is 32.1. The molecule has 0 atom stereocenters. The molecule has 2 heterocycles. The Morgan fingerprint density at radius 3 is 1.67 bits per heavy atom. The summed E-state index contributed by atoms with van der Waals surface area (Å²) in [5.41, 5.74) is 8.15. The van der Waals surface area contributed by atoms with Crippen LogP contribution in [0.1, 0.15) is 21.5 Å². The Morgan fingerprint density at radius 1 is 0.578 bits per heavy atom. The molecule has 0 bridgehead atoms. The van der Waals surface area contributed by atoms with E-state index in [0.29, 0.717) is 22.9 Å². The molecule has 218 valence electrons. The number of carbonyl (C=O) groups excluding carboxylic acids is 1. The third-order valence-electron chi connectivity index (χ3n) is 7.66. The molecule has 0 saturated carbocycles. The number of thiazole rings is 1. The van der Waals surface area contributed by atoms with Crippen LogP contribution in [0.2, 0.25) is 0 Å². The van der Waals surface area contributed by atoms with Gasteiger partial charge < -0.3 is 5.32 Å². The summed E-state index contributed by atoms with van der Waals surface area (Å²) in [5, 5.41) is 5.03. The molecule has 7 rings (SSSR count). The fourth-order valence-corrected chi connectivity index (χ4v) is 6.37. The lowest BCUT2D eigenvalue weighted by atomic mass is 10.1. The Hall–Kier alpha value is -5.59. The quantitative estimate of drug-likeness (QED) is 0.198. The number of hydrogen-bond acceptors (Lipinski definition) is 4. The van der Waals surface area contributed by atoms with Crippen molar-refractivity contribution < 1.29 is 4.79 Å². The molecule has 0 saturated heterocycles. The van der Waals surface area contributed by atoms with E-state index in [1.54, 1.807) is 11.3 Å². The molecule has 0 fully saturated rings. The van der Waals surface area contributed by atoms with Crippen molar-refractivity contribution in [3.8, 4) is 49.5 Å². The summed E-state index contributed by atoms with van der Waals surface area (Å²) in [5.74, 6) is 1.09. The lowest BCUT2D eigenvalue weighted by molar-refractivity contribution is 0.102. The van der Waals surface area contributed by atoms with Crippen molar-refractivity contribution in [1.82, 2.24) is 14.5 Å². The van der Waals surface area contributed by atoms with Gasteiger partial charge in [-0.2, -0.15) is 0 Å². The molecule has 0 unspecified atom stereocenters. The molecule has 0 aliphatic rings. The summed E-state index contributed by atoms with van der Waals surface area (Å²) >= 11 is 1.58. The number of aromatic nitrogens is 3. The molecule has 5 aromatic carbocycles. The fraction of sp³-hybridized carbons (Fsp3) is 0.0513. The van der Waals surface area contributed by atoms with Crippen LogP contribution < -0.4 is 5.32 Å². The van der Waals surface area contributed by atoms with Gasteiger partial charge in [0, 0.05) is 27.8 Å². The first-order valence-corrected chi connectivity index (χ1v) is 15.6. The van der Waals surface area contributed by atoms with Gasteiger partial charge in [0.15, 0.2) is 0 Å². The first kappa shape index (κ1) is 28.2. The fourth-order valence-electron chi connectivity index (χ4n) is 5.26. The van der Waals surface area contributed by atoms with Crippen LogP contribution >= 0.6 is 11.3 Å². The average Bonchev–Trinajstić information content (AvgIpc) is 3.69. The average molecular weight is 603 g/mol. The normalized spacial score (nSPS) is 11.0. The summed E-state index contributed by atoms with van der Waals surface area (Å²) in [4.78, 5) is 24.4. The van der Waals surface area contributed by atoms with Crippen LogP contribution in [0.4, 0.5) is 5.82 Å². The molecule has 0 radical (unpaired) electrons. The number of carbonyl (C=O) groups is 1. The molecule has 2 aromatic heterocycles. The lowest BCUT2D eigenvalue weighted by Crippen LogP contribution is -2.15. The van der Waals surface area contributed by atoms with Gasteiger partial charge in [0.25, 0.3) is 5.91 Å². The third kappa shape index (κ3) is 5.71. The maximum atomic E-state index is 13.9. The molecule has 0 spiro atoms. The number of imidazole rings is 1. The molecule has 45 heavy (non-hydrogen) atoms. The van der Waals surface area contributed by atoms with Crippen molar-refractivity contribution in [2.75, 3.05) is 5.32 Å². The van der Waals surface area contributed by atoms with Gasteiger partial charge in [-0.15, -0.1) is 0 Å². The first-order valence-electron chi connectivity index (χ1n) is 14.8. The van der Waals surface area contributed by atoms with Crippen LogP contribution in [0.15, 0.2) is 140 Å².